The second kappa shape index (κ2) is 10.9. The number of allylic oxidation sites excluding steroid dienone is 4. The monoisotopic (exact) mass is 294 g/mol. The molecule has 0 atom stereocenters. The Balaban J connectivity index is -0.000000143. The van der Waals surface area contributed by atoms with Gasteiger partial charge in [-0.1, -0.05) is 27.7 Å². The van der Waals surface area contributed by atoms with E-state index in [1.807, 2.05) is 27.7 Å². The van der Waals surface area contributed by atoms with E-state index < -0.39 is 0 Å². The van der Waals surface area contributed by atoms with E-state index in [-0.39, 0.29) is 16.5 Å². The van der Waals surface area contributed by atoms with Crippen LogP contribution in [0.3, 0.4) is 0 Å². The molecule has 0 rings (SSSR count). The zero-order valence-electron chi connectivity index (χ0n) is 7.95. The fraction of sp³-hybridized carbons (Fsp3) is 0.500. The van der Waals surface area contributed by atoms with Crippen molar-refractivity contribution in [2.75, 3.05) is 0 Å². The van der Waals surface area contributed by atoms with Crippen LogP contribution in [0.5, 0.6) is 0 Å². The molecule has 0 aliphatic rings. The molecule has 0 aliphatic heterocycles. The van der Waals surface area contributed by atoms with E-state index >= 15 is 0 Å². The first-order valence-electron chi connectivity index (χ1n) is 3.32. The Morgan fingerprint density at radius 2 is 0.615 bits per heavy atom. The smallest absolute Gasteiger partial charge is 0.786 e. The minimum absolute atomic E-state index is 0. The van der Waals surface area contributed by atoms with E-state index in [1.165, 1.54) is 0 Å². The maximum atomic E-state index is 4.68. The van der Waals surface area contributed by atoms with E-state index in [2.05, 4.69) is 50.5 Å². The second-order valence-corrected chi connectivity index (χ2v) is 4.67. The third-order valence-corrected chi connectivity index (χ3v) is 2.47. The molecule has 0 aromatic heterocycles. The molecule has 0 amide bonds. The summed E-state index contributed by atoms with van der Waals surface area (Å²) in [5.74, 6) is 0. The van der Waals surface area contributed by atoms with E-state index in [9.17, 15) is 0 Å². The van der Waals surface area contributed by atoms with E-state index in [1.54, 1.807) is 0 Å². The van der Waals surface area contributed by atoms with Gasteiger partial charge in [0.25, 0.3) is 0 Å². The Hall–Kier alpha value is 0.854. The molecule has 0 bridgehead atoms. The molecule has 0 N–H and O–H groups in total. The van der Waals surface area contributed by atoms with Crippen LogP contribution in [0.25, 0.3) is 0 Å². The van der Waals surface area contributed by atoms with Gasteiger partial charge in [0.15, 0.2) is 0 Å². The van der Waals surface area contributed by atoms with Crippen LogP contribution in [-0.2, 0) is 67.0 Å². The van der Waals surface area contributed by atoms with Gasteiger partial charge < -0.3 is 50.5 Å². The van der Waals surface area contributed by atoms with Crippen molar-refractivity contribution < 1.29 is 16.5 Å². The molecule has 5 heteroatoms. The average molecular weight is 295 g/mol. The Labute approximate surface area is 114 Å². The van der Waals surface area contributed by atoms with Gasteiger partial charge in [0, 0.05) is 0 Å². The number of hydrogen-bond acceptors (Lipinski definition) is 4. The molecule has 0 aromatic rings. The van der Waals surface area contributed by atoms with Gasteiger partial charge in [0.2, 0.25) is 0 Å². The van der Waals surface area contributed by atoms with E-state index in [0.29, 0.717) is 0 Å². The molecule has 0 spiro atoms. The van der Waals surface area contributed by atoms with E-state index in [4.69, 9.17) is 0 Å². The Kier molecular flexibility index (Phi) is 16.3. The molecule has 0 aromatic carbocycles. The summed E-state index contributed by atoms with van der Waals surface area (Å²) in [5.41, 5.74) is 0. The predicted molar refractivity (Wildman–Crippen MR) is 66.2 cm³/mol. The number of rotatable bonds is 0. The predicted octanol–water partition coefficient (Wildman–Crippen LogP) is 2.66. The molecular formula is C8H12NiS4. The summed E-state index contributed by atoms with van der Waals surface area (Å²) in [6.45, 7) is 7.32. The quantitative estimate of drug-likeness (QED) is 0.497. The third kappa shape index (κ3) is 19.3. The fourth-order valence-electron chi connectivity index (χ4n) is 0. The van der Waals surface area contributed by atoms with Crippen LogP contribution in [0.4, 0.5) is 0 Å². The van der Waals surface area contributed by atoms with Gasteiger partial charge in [-0.25, -0.2) is 19.6 Å². The maximum absolute atomic E-state index is 4.68. The summed E-state index contributed by atoms with van der Waals surface area (Å²) in [4.78, 5) is 3.30. The molecule has 0 radical (unpaired) electrons. The molecule has 0 nitrogen and oxygen atoms in total. The van der Waals surface area contributed by atoms with Gasteiger partial charge in [-0.3, -0.25) is 0 Å². The zero-order chi connectivity index (χ0) is 10.3. The Bertz CT molecular complexity index is 138. The minimum atomic E-state index is 0. The summed E-state index contributed by atoms with van der Waals surface area (Å²) in [6, 6.07) is 0. The summed E-state index contributed by atoms with van der Waals surface area (Å²) in [6.07, 6.45) is 0. The van der Waals surface area contributed by atoms with Crippen molar-refractivity contribution in [1.82, 2.24) is 0 Å². The molecule has 78 valence electrons. The van der Waals surface area contributed by atoms with Crippen LogP contribution in [0.1, 0.15) is 27.7 Å². The van der Waals surface area contributed by atoms with Gasteiger partial charge in [0.1, 0.15) is 0 Å². The molecule has 0 heterocycles. The molecule has 13 heavy (non-hydrogen) atoms. The van der Waals surface area contributed by atoms with Gasteiger partial charge >= 0.3 is 16.5 Å². The van der Waals surface area contributed by atoms with Gasteiger partial charge in [0.05, 0.1) is 0 Å². The first-order chi connectivity index (χ1) is 5.29. The average Bonchev–Trinajstić information content (AvgIpc) is 1.88. The van der Waals surface area contributed by atoms with Crippen molar-refractivity contribution in [3.05, 3.63) is 19.6 Å². The van der Waals surface area contributed by atoms with Crippen LogP contribution in [0.15, 0.2) is 19.6 Å². The third-order valence-electron chi connectivity index (χ3n) is 0.992. The molecule has 0 saturated carbocycles. The zero-order valence-corrected chi connectivity index (χ0v) is 12.2. The maximum Gasteiger partial charge on any atom is 4.00 e. The summed E-state index contributed by atoms with van der Waals surface area (Å²) in [5, 5.41) is 0. The Morgan fingerprint density at radius 1 is 0.538 bits per heavy atom. The molecular weight excluding hydrogens is 283 g/mol. The van der Waals surface area contributed by atoms with Crippen LogP contribution >= 0.6 is 0 Å². The summed E-state index contributed by atoms with van der Waals surface area (Å²) in [7, 11) is 0. The second-order valence-electron chi connectivity index (χ2n) is 2.22. The van der Waals surface area contributed by atoms with Crippen LogP contribution < -0.4 is 0 Å². The minimum Gasteiger partial charge on any atom is -0.786 e. The van der Waals surface area contributed by atoms with Crippen molar-refractivity contribution in [1.29, 1.82) is 0 Å². The standard InChI is InChI=1S/2C4H8S2.Ni/c2*1-3(5)4(2)6;/h2*5-6H,1-2H3;/q;;+4/p-4. The van der Waals surface area contributed by atoms with Gasteiger partial charge in [-0.2, -0.15) is 0 Å². The topological polar surface area (TPSA) is 0 Å². The normalized spacial score (nSPS) is 12.6. The molecule has 0 unspecified atom stereocenters. The van der Waals surface area contributed by atoms with Crippen LogP contribution in [0.2, 0.25) is 0 Å². The molecule has 0 aliphatic carbocycles. The van der Waals surface area contributed by atoms with Gasteiger partial charge in [-0.15, -0.1) is 0 Å². The van der Waals surface area contributed by atoms with Crippen molar-refractivity contribution in [2.24, 2.45) is 0 Å². The van der Waals surface area contributed by atoms with Crippen LogP contribution in [0, 0.1) is 0 Å². The van der Waals surface area contributed by atoms with Crippen molar-refractivity contribution in [3.8, 4) is 0 Å². The first kappa shape index (κ1) is 19.4. The van der Waals surface area contributed by atoms with E-state index in [0.717, 1.165) is 19.6 Å². The fourth-order valence-corrected chi connectivity index (χ4v) is 0. The van der Waals surface area contributed by atoms with Gasteiger partial charge in [-0.05, 0) is 0 Å². The van der Waals surface area contributed by atoms with Crippen LogP contribution in [-0.4, -0.2) is 0 Å². The first-order valence-corrected chi connectivity index (χ1v) is 4.95. The number of hydrogen-bond donors (Lipinski definition) is 0. The Morgan fingerprint density at radius 3 is 0.615 bits per heavy atom. The van der Waals surface area contributed by atoms with Crippen molar-refractivity contribution >= 4 is 50.5 Å². The summed E-state index contributed by atoms with van der Waals surface area (Å²) >= 11 is 18.7. The van der Waals surface area contributed by atoms with Crippen molar-refractivity contribution in [2.45, 2.75) is 27.7 Å². The largest absolute Gasteiger partial charge is 4.00 e. The SMILES string of the molecule is CC([S-])=C(C)[S-].CC([S-])=C(C)[S-].[Ni+4]. The summed E-state index contributed by atoms with van der Waals surface area (Å²) < 4.78 is 0. The molecule has 0 saturated heterocycles. The van der Waals surface area contributed by atoms with Crippen molar-refractivity contribution in [3.63, 3.8) is 0 Å². The molecule has 0 fully saturated rings.